The summed E-state index contributed by atoms with van der Waals surface area (Å²) in [6.07, 6.45) is -0.296. The average molecular weight is 362 g/mol. The number of rotatable bonds is 10. The second kappa shape index (κ2) is 10.8. The molecule has 0 radical (unpaired) electrons. The van der Waals surface area contributed by atoms with Gasteiger partial charge in [0.15, 0.2) is 0 Å². The summed E-state index contributed by atoms with van der Waals surface area (Å²) in [6.45, 7) is 0.893. The molecule has 2 aromatic carbocycles. The lowest BCUT2D eigenvalue weighted by Crippen LogP contribution is -2.35. The van der Waals surface area contributed by atoms with Gasteiger partial charge >= 0.3 is 0 Å². The molecule has 0 fully saturated rings. The van der Waals surface area contributed by atoms with Gasteiger partial charge in [-0.2, -0.15) is 11.8 Å². The smallest absolute Gasteiger partial charge is 0.0761 e. The van der Waals surface area contributed by atoms with Gasteiger partial charge < -0.3 is 10.0 Å². The lowest BCUT2D eigenvalue weighted by Gasteiger charge is -2.25. The summed E-state index contributed by atoms with van der Waals surface area (Å²) in [5.41, 5.74) is 2.63. The molecule has 2 atom stereocenters. The van der Waals surface area contributed by atoms with Crippen LogP contribution in [0.15, 0.2) is 60.7 Å². The third-order valence-corrected chi connectivity index (χ3v) is 6.19. The second-order valence-electron chi connectivity index (χ2n) is 6.17. The van der Waals surface area contributed by atoms with Crippen LogP contribution in [0, 0.1) is 0 Å². The molecule has 0 spiro atoms. The van der Waals surface area contributed by atoms with Crippen molar-refractivity contribution in [2.45, 2.75) is 22.9 Å². The topological polar surface area (TPSA) is 23.5 Å². The lowest BCUT2D eigenvalue weighted by molar-refractivity contribution is 0.181. The van der Waals surface area contributed by atoms with E-state index < -0.39 is 0 Å². The van der Waals surface area contributed by atoms with Crippen molar-refractivity contribution >= 4 is 23.5 Å². The van der Waals surface area contributed by atoms with Crippen LogP contribution in [0.25, 0.3) is 0 Å². The summed E-state index contributed by atoms with van der Waals surface area (Å²) in [7, 11) is 4.14. The van der Waals surface area contributed by atoms with Gasteiger partial charge in [0.1, 0.15) is 0 Å². The molecule has 4 heteroatoms. The van der Waals surface area contributed by atoms with Crippen LogP contribution < -0.4 is 0 Å². The second-order valence-corrected chi connectivity index (χ2v) is 8.42. The third-order valence-electron chi connectivity index (χ3n) is 3.68. The molecular formula is C20H27NOS2. The fourth-order valence-corrected chi connectivity index (χ4v) is 4.86. The summed E-state index contributed by atoms with van der Waals surface area (Å²) >= 11 is 3.66. The molecule has 2 unspecified atom stereocenters. The summed E-state index contributed by atoms with van der Waals surface area (Å²) < 4.78 is 0. The van der Waals surface area contributed by atoms with E-state index in [-0.39, 0.29) is 11.4 Å². The van der Waals surface area contributed by atoms with Crippen molar-refractivity contribution in [2.75, 3.05) is 26.4 Å². The predicted molar refractivity (Wildman–Crippen MR) is 109 cm³/mol. The van der Waals surface area contributed by atoms with E-state index >= 15 is 0 Å². The number of benzene rings is 2. The van der Waals surface area contributed by atoms with Crippen LogP contribution in [-0.2, 0) is 11.5 Å². The monoisotopic (exact) mass is 361 g/mol. The molecule has 2 nitrogen and oxygen atoms in total. The Morgan fingerprint density at radius 2 is 1.42 bits per heavy atom. The molecule has 0 saturated carbocycles. The number of aliphatic hydroxyl groups is 1. The van der Waals surface area contributed by atoms with Crippen molar-refractivity contribution in [1.29, 1.82) is 0 Å². The SMILES string of the molecule is CN(C)CC(SCc1ccccc1)C(O)CSCc1ccccc1. The zero-order valence-corrected chi connectivity index (χ0v) is 16.1. The van der Waals surface area contributed by atoms with Crippen LogP contribution in [0.3, 0.4) is 0 Å². The molecule has 0 aliphatic carbocycles. The number of hydrogen-bond donors (Lipinski definition) is 1. The molecule has 0 bridgehead atoms. The number of aliphatic hydroxyl groups excluding tert-OH is 1. The van der Waals surface area contributed by atoms with Crippen molar-refractivity contribution in [3.8, 4) is 0 Å². The molecule has 130 valence electrons. The van der Waals surface area contributed by atoms with E-state index in [0.29, 0.717) is 0 Å². The van der Waals surface area contributed by atoms with Gasteiger partial charge in [-0.3, -0.25) is 0 Å². The molecule has 0 heterocycles. The van der Waals surface area contributed by atoms with Crippen LogP contribution in [0.4, 0.5) is 0 Å². The van der Waals surface area contributed by atoms with Crippen molar-refractivity contribution < 1.29 is 5.11 Å². The molecule has 1 N–H and O–H groups in total. The van der Waals surface area contributed by atoms with Crippen molar-refractivity contribution in [3.63, 3.8) is 0 Å². The molecule has 2 rings (SSSR count). The van der Waals surface area contributed by atoms with Gasteiger partial charge in [-0.1, -0.05) is 60.7 Å². The minimum absolute atomic E-state index is 0.225. The highest BCUT2D eigenvalue weighted by atomic mass is 32.2. The fourth-order valence-electron chi connectivity index (χ4n) is 2.40. The summed E-state index contributed by atoms with van der Waals surface area (Å²) in [5, 5.41) is 10.9. The largest absolute Gasteiger partial charge is 0.391 e. The maximum absolute atomic E-state index is 10.6. The third kappa shape index (κ3) is 7.31. The van der Waals surface area contributed by atoms with Crippen molar-refractivity contribution in [1.82, 2.24) is 4.90 Å². The highest BCUT2D eigenvalue weighted by molar-refractivity contribution is 7.99. The van der Waals surface area contributed by atoms with Gasteiger partial charge in [-0.15, -0.1) is 11.8 Å². The summed E-state index contributed by atoms with van der Waals surface area (Å²) in [5.74, 6) is 2.67. The van der Waals surface area contributed by atoms with Gasteiger partial charge in [0.25, 0.3) is 0 Å². The number of nitrogens with zero attached hydrogens (tertiary/aromatic N) is 1. The van der Waals surface area contributed by atoms with E-state index in [1.54, 1.807) is 0 Å². The normalized spacial score (nSPS) is 13.8. The first-order chi connectivity index (χ1) is 11.6. The van der Waals surface area contributed by atoms with Crippen LogP contribution in [0.1, 0.15) is 11.1 Å². The Morgan fingerprint density at radius 1 is 0.875 bits per heavy atom. The van der Waals surface area contributed by atoms with E-state index in [2.05, 4.69) is 67.5 Å². The minimum Gasteiger partial charge on any atom is -0.391 e. The maximum Gasteiger partial charge on any atom is 0.0761 e. The lowest BCUT2D eigenvalue weighted by atomic mass is 10.2. The van der Waals surface area contributed by atoms with E-state index in [9.17, 15) is 5.11 Å². The molecule has 0 saturated heterocycles. The Kier molecular flexibility index (Phi) is 8.75. The van der Waals surface area contributed by atoms with Gasteiger partial charge in [0.05, 0.1) is 6.10 Å². The number of hydrogen-bond acceptors (Lipinski definition) is 4. The molecule has 0 aliphatic heterocycles. The quantitative estimate of drug-likeness (QED) is 0.687. The predicted octanol–water partition coefficient (Wildman–Crippen LogP) is 4.14. The first kappa shape index (κ1) is 19.4. The maximum atomic E-state index is 10.6. The highest BCUT2D eigenvalue weighted by Gasteiger charge is 2.20. The van der Waals surface area contributed by atoms with Crippen LogP contribution >= 0.6 is 23.5 Å². The van der Waals surface area contributed by atoms with Crippen molar-refractivity contribution in [2.24, 2.45) is 0 Å². The molecule has 24 heavy (non-hydrogen) atoms. The van der Waals surface area contributed by atoms with Crippen LogP contribution in [0.2, 0.25) is 0 Å². The standard InChI is InChI=1S/C20H27NOS2/c1-21(2)13-20(24-15-18-11-7-4-8-12-18)19(22)16-23-14-17-9-5-3-6-10-17/h3-12,19-20,22H,13-16H2,1-2H3. The Labute approximate surface area is 154 Å². The van der Waals surface area contributed by atoms with E-state index in [0.717, 1.165) is 23.8 Å². The first-order valence-corrected chi connectivity index (χ1v) is 10.5. The van der Waals surface area contributed by atoms with Gasteiger partial charge in [-0.05, 0) is 25.2 Å². The zero-order valence-electron chi connectivity index (χ0n) is 14.5. The summed E-state index contributed by atoms with van der Waals surface area (Å²) in [4.78, 5) is 2.16. The van der Waals surface area contributed by atoms with Crippen LogP contribution in [0.5, 0.6) is 0 Å². The van der Waals surface area contributed by atoms with E-state index in [4.69, 9.17) is 0 Å². The Morgan fingerprint density at radius 3 is 1.96 bits per heavy atom. The first-order valence-electron chi connectivity index (χ1n) is 8.25. The highest BCUT2D eigenvalue weighted by Crippen LogP contribution is 2.24. The van der Waals surface area contributed by atoms with Gasteiger partial charge in [-0.25, -0.2) is 0 Å². The Hall–Kier alpha value is -0.940. The molecule has 2 aromatic rings. The summed E-state index contributed by atoms with van der Waals surface area (Å²) in [6, 6.07) is 20.9. The zero-order chi connectivity index (χ0) is 17.2. The Balaban J connectivity index is 1.81. The fraction of sp³-hybridized carbons (Fsp3) is 0.400. The molecule has 0 aromatic heterocycles. The van der Waals surface area contributed by atoms with Crippen LogP contribution in [-0.4, -0.2) is 47.8 Å². The molecule has 0 amide bonds. The van der Waals surface area contributed by atoms with E-state index in [1.807, 2.05) is 35.7 Å². The van der Waals surface area contributed by atoms with Gasteiger partial charge in [0, 0.05) is 29.1 Å². The number of thioether (sulfide) groups is 2. The average Bonchev–Trinajstić information content (AvgIpc) is 2.60. The molecular weight excluding hydrogens is 334 g/mol. The van der Waals surface area contributed by atoms with E-state index in [1.165, 1.54) is 11.1 Å². The minimum atomic E-state index is -0.296. The molecule has 0 aliphatic rings. The van der Waals surface area contributed by atoms with Crippen molar-refractivity contribution in [3.05, 3.63) is 71.8 Å². The Bertz CT molecular complexity index is 562. The van der Waals surface area contributed by atoms with Gasteiger partial charge in [0.2, 0.25) is 0 Å².